The summed E-state index contributed by atoms with van der Waals surface area (Å²) in [6.45, 7) is 7.69. The maximum atomic E-state index is 11.1. The summed E-state index contributed by atoms with van der Waals surface area (Å²) in [6, 6.07) is 12.1. The number of thioether (sulfide) groups is 1. The van der Waals surface area contributed by atoms with E-state index in [1.165, 1.54) is 24.2 Å². The number of nitrogens with zero attached hydrogens (tertiary/aromatic N) is 2. The number of amidine groups is 1. The molecule has 0 saturated carbocycles. The van der Waals surface area contributed by atoms with Crippen LogP contribution in [0.4, 0.5) is 0 Å². The van der Waals surface area contributed by atoms with Crippen LogP contribution in [0.2, 0.25) is 0 Å². The Morgan fingerprint density at radius 2 is 1.89 bits per heavy atom. The Bertz CT molecular complexity index is 861. The molecule has 0 bridgehead atoms. The van der Waals surface area contributed by atoms with Gasteiger partial charge in [0, 0.05) is 18.2 Å². The van der Waals surface area contributed by atoms with Gasteiger partial charge in [-0.2, -0.15) is 5.10 Å². The highest BCUT2D eigenvalue weighted by atomic mass is 32.2. The number of hydrogen-bond acceptors (Lipinski definition) is 5. The van der Waals surface area contributed by atoms with Gasteiger partial charge in [0.2, 0.25) is 0 Å². The van der Waals surface area contributed by atoms with E-state index in [4.69, 9.17) is 10.5 Å². The molecule has 2 rings (SSSR count). The maximum absolute atomic E-state index is 11.1. The Labute approximate surface area is 164 Å². The SMILES string of the molecule is CC(=O)OCc1c(C)cc(C)c(C=NN=C(N)SCc2ccccc2)c1C. The van der Waals surface area contributed by atoms with E-state index >= 15 is 0 Å². The van der Waals surface area contributed by atoms with Crippen molar-refractivity contribution < 1.29 is 9.53 Å². The normalized spacial score (nSPS) is 11.8. The van der Waals surface area contributed by atoms with Gasteiger partial charge < -0.3 is 10.5 Å². The number of carbonyl (C=O) groups is 1. The Morgan fingerprint density at radius 3 is 2.56 bits per heavy atom. The second-order valence-electron chi connectivity index (χ2n) is 6.26. The first kappa shape index (κ1) is 20.7. The van der Waals surface area contributed by atoms with Crippen molar-refractivity contribution in [2.24, 2.45) is 15.9 Å². The lowest BCUT2D eigenvalue weighted by Crippen LogP contribution is -2.07. The van der Waals surface area contributed by atoms with Crippen LogP contribution in [0.25, 0.3) is 0 Å². The van der Waals surface area contributed by atoms with Crippen LogP contribution in [0.15, 0.2) is 46.6 Å². The largest absolute Gasteiger partial charge is 0.461 e. The molecule has 5 nitrogen and oxygen atoms in total. The van der Waals surface area contributed by atoms with Gasteiger partial charge in [0.1, 0.15) is 6.61 Å². The summed E-state index contributed by atoms with van der Waals surface area (Å²) in [6.07, 6.45) is 1.71. The molecular weight excluding hydrogens is 358 g/mol. The zero-order valence-electron chi connectivity index (χ0n) is 16.2. The van der Waals surface area contributed by atoms with Crippen LogP contribution in [-0.2, 0) is 21.9 Å². The molecule has 2 N–H and O–H groups in total. The number of hydrogen-bond donors (Lipinski definition) is 1. The zero-order valence-corrected chi connectivity index (χ0v) is 17.0. The molecule has 0 spiro atoms. The summed E-state index contributed by atoms with van der Waals surface area (Å²) < 4.78 is 5.17. The fraction of sp³-hybridized carbons (Fsp3) is 0.286. The average Bonchev–Trinajstić information content (AvgIpc) is 2.63. The van der Waals surface area contributed by atoms with E-state index in [-0.39, 0.29) is 12.6 Å². The smallest absolute Gasteiger partial charge is 0.302 e. The van der Waals surface area contributed by atoms with Crippen LogP contribution in [0.1, 0.15) is 40.3 Å². The van der Waals surface area contributed by atoms with Gasteiger partial charge in [-0.05, 0) is 48.6 Å². The Hall–Kier alpha value is -2.60. The fourth-order valence-electron chi connectivity index (χ4n) is 2.74. The van der Waals surface area contributed by atoms with E-state index in [0.717, 1.165) is 33.6 Å². The standard InChI is InChI=1S/C21H25N3O2S/c1-14-10-15(2)20(12-26-17(4)25)16(3)19(14)11-23-24-21(22)27-13-18-8-6-5-7-9-18/h5-11H,12-13H2,1-4H3,(H2,22,24). The summed E-state index contributed by atoms with van der Waals surface area (Å²) >= 11 is 1.45. The molecule has 0 amide bonds. The first-order valence-electron chi connectivity index (χ1n) is 8.64. The topological polar surface area (TPSA) is 77.0 Å². The van der Waals surface area contributed by atoms with Crippen LogP contribution < -0.4 is 5.73 Å². The summed E-state index contributed by atoms with van der Waals surface area (Å²) in [5.74, 6) is 0.457. The molecule has 2 aromatic carbocycles. The second-order valence-corrected chi connectivity index (χ2v) is 7.26. The third-order valence-electron chi connectivity index (χ3n) is 4.18. The molecule has 0 unspecified atom stereocenters. The predicted octanol–water partition coefficient (Wildman–Crippen LogP) is 4.26. The minimum absolute atomic E-state index is 0.256. The minimum Gasteiger partial charge on any atom is -0.461 e. The van der Waals surface area contributed by atoms with Crippen molar-refractivity contribution in [2.45, 2.75) is 40.1 Å². The van der Waals surface area contributed by atoms with E-state index in [9.17, 15) is 4.79 Å². The first-order valence-corrected chi connectivity index (χ1v) is 9.63. The van der Waals surface area contributed by atoms with E-state index in [1.807, 2.05) is 51.1 Å². The molecule has 27 heavy (non-hydrogen) atoms. The first-order chi connectivity index (χ1) is 12.9. The monoisotopic (exact) mass is 383 g/mol. The molecule has 0 aliphatic carbocycles. The Kier molecular flexibility index (Phi) is 7.61. The third kappa shape index (κ3) is 6.25. The Morgan fingerprint density at radius 1 is 1.19 bits per heavy atom. The maximum Gasteiger partial charge on any atom is 0.302 e. The number of carbonyl (C=O) groups excluding carboxylic acids is 1. The number of benzene rings is 2. The quantitative estimate of drug-likeness (QED) is 0.350. The second kappa shape index (κ2) is 9.92. The van der Waals surface area contributed by atoms with Gasteiger partial charge in [0.25, 0.3) is 0 Å². The summed E-state index contributed by atoms with van der Waals surface area (Å²) in [7, 11) is 0. The highest BCUT2D eigenvalue weighted by Crippen LogP contribution is 2.22. The highest BCUT2D eigenvalue weighted by molar-refractivity contribution is 8.13. The van der Waals surface area contributed by atoms with E-state index in [1.54, 1.807) is 6.21 Å². The van der Waals surface area contributed by atoms with Gasteiger partial charge in [-0.3, -0.25) is 4.79 Å². The molecule has 0 fully saturated rings. The van der Waals surface area contributed by atoms with Gasteiger partial charge in [0.15, 0.2) is 5.17 Å². The predicted molar refractivity (Wildman–Crippen MR) is 113 cm³/mol. The van der Waals surface area contributed by atoms with Crippen LogP contribution >= 0.6 is 11.8 Å². The molecular formula is C21H25N3O2S. The van der Waals surface area contributed by atoms with Crippen LogP contribution in [0.5, 0.6) is 0 Å². The Balaban J connectivity index is 2.10. The summed E-state index contributed by atoms with van der Waals surface area (Å²) in [5.41, 5.74) is 12.3. The average molecular weight is 384 g/mol. The van der Waals surface area contributed by atoms with Crippen molar-refractivity contribution in [3.63, 3.8) is 0 Å². The fourth-order valence-corrected chi connectivity index (χ4v) is 3.35. The number of esters is 1. The lowest BCUT2D eigenvalue weighted by Gasteiger charge is -2.14. The molecule has 0 aliphatic rings. The van der Waals surface area contributed by atoms with Crippen molar-refractivity contribution in [2.75, 3.05) is 0 Å². The van der Waals surface area contributed by atoms with Crippen molar-refractivity contribution in [1.82, 2.24) is 0 Å². The number of ether oxygens (including phenoxy) is 1. The molecule has 6 heteroatoms. The van der Waals surface area contributed by atoms with Gasteiger partial charge in [0.05, 0.1) is 6.21 Å². The van der Waals surface area contributed by atoms with E-state index in [0.29, 0.717) is 5.17 Å². The summed E-state index contributed by atoms with van der Waals surface area (Å²) in [4.78, 5) is 11.1. The van der Waals surface area contributed by atoms with Gasteiger partial charge >= 0.3 is 5.97 Å². The minimum atomic E-state index is -0.294. The molecule has 0 saturated heterocycles. The summed E-state index contributed by atoms with van der Waals surface area (Å²) in [5, 5.41) is 8.65. The van der Waals surface area contributed by atoms with Crippen molar-refractivity contribution >= 4 is 29.1 Å². The third-order valence-corrected chi connectivity index (χ3v) is 5.04. The molecule has 142 valence electrons. The molecule has 2 aromatic rings. The van der Waals surface area contributed by atoms with Gasteiger partial charge in [-0.25, -0.2) is 0 Å². The lowest BCUT2D eigenvalue weighted by atomic mass is 9.94. The van der Waals surface area contributed by atoms with E-state index < -0.39 is 0 Å². The molecule has 0 radical (unpaired) electrons. The van der Waals surface area contributed by atoms with Crippen LogP contribution in [0, 0.1) is 20.8 Å². The highest BCUT2D eigenvalue weighted by Gasteiger charge is 2.11. The van der Waals surface area contributed by atoms with Crippen molar-refractivity contribution in [3.05, 3.63) is 69.8 Å². The molecule has 0 aliphatic heterocycles. The van der Waals surface area contributed by atoms with E-state index in [2.05, 4.69) is 16.3 Å². The van der Waals surface area contributed by atoms with Gasteiger partial charge in [-0.1, -0.05) is 48.2 Å². The van der Waals surface area contributed by atoms with Crippen LogP contribution in [0.3, 0.4) is 0 Å². The van der Waals surface area contributed by atoms with Crippen molar-refractivity contribution in [1.29, 1.82) is 0 Å². The number of rotatable bonds is 6. The lowest BCUT2D eigenvalue weighted by molar-refractivity contribution is -0.142. The van der Waals surface area contributed by atoms with Gasteiger partial charge in [-0.15, -0.1) is 5.10 Å². The molecule has 0 aromatic heterocycles. The van der Waals surface area contributed by atoms with Crippen molar-refractivity contribution in [3.8, 4) is 0 Å². The number of nitrogens with two attached hydrogens (primary N) is 1. The molecule has 0 atom stereocenters. The van der Waals surface area contributed by atoms with Crippen LogP contribution in [-0.4, -0.2) is 17.4 Å². The molecule has 0 heterocycles. The zero-order chi connectivity index (χ0) is 19.8. The number of aryl methyl sites for hydroxylation is 2.